The van der Waals surface area contributed by atoms with Gasteiger partial charge in [0.15, 0.2) is 5.82 Å². The highest BCUT2D eigenvalue weighted by Gasteiger charge is 2.47. The van der Waals surface area contributed by atoms with Crippen molar-refractivity contribution in [2.45, 2.75) is 5.41 Å². The van der Waals surface area contributed by atoms with Crippen LogP contribution in [0, 0.1) is 0 Å². The van der Waals surface area contributed by atoms with Gasteiger partial charge >= 0.3 is 0 Å². The van der Waals surface area contributed by atoms with E-state index in [1.807, 2.05) is 30.3 Å². The Kier molecular flexibility index (Phi) is 7.39. The van der Waals surface area contributed by atoms with Crippen molar-refractivity contribution in [1.29, 1.82) is 0 Å². The zero-order valence-electron chi connectivity index (χ0n) is 30.4. The van der Waals surface area contributed by atoms with Crippen LogP contribution < -0.4 is 0 Å². The quantitative estimate of drug-likeness (QED) is 0.172. The second kappa shape index (κ2) is 12.9. The van der Waals surface area contributed by atoms with Gasteiger partial charge in [0.05, 0.1) is 16.8 Å². The van der Waals surface area contributed by atoms with Crippen LogP contribution in [0.1, 0.15) is 22.3 Å². The van der Waals surface area contributed by atoms with Crippen LogP contribution in [0.4, 0.5) is 0 Å². The third-order valence-corrected chi connectivity index (χ3v) is 11.4. The summed E-state index contributed by atoms with van der Waals surface area (Å²) in [5.41, 5.74) is 15.8. The predicted molar refractivity (Wildman–Crippen MR) is 228 cm³/mol. The number of nitrogens with zero attached hydrogens (tertiary/aromatic N) is 2. The normalized spacial score (nSPS) is 12.8. The minimum atomic E-state index is -0.563. The van der Waals surface area contributed by atoms with E-state index in [0.29, 0.717) is 5.82 Å². The number of furan rings is 1. The van der Waals surface area contributed by atoms with Gasteiger partial charge in [-0.15, -0.1) is 0 Å². The van der Waals surface area contributed by atoms with Crippen molar-refractivity contribution in [3.63, 3.8) is 0 Å². The highest BCUT2D eigenvalue weighted by Crippen LogP contribution is 2.58. The van der Waals surface area contributed by atoms with Gasteiger partial charge in [-0.3, -0.25) is 0 Å². The number of aromatic nitrogens is 2. The first-order chi connectivity index (χ1) is 27.8. The van der Waals surface area contributed by atoms with E-state index >= 15 is 0 Å². The molecule has 1 aliphatic carbocycles. The summed E-state index contributed by atoms with van der Waals surface area (Å²) in [6.07, 6.45) is 0. The lowest BCUT2D eigenvalue weighted by Gasteiger charge is -2.35. The van der Waals surface area contributed by atoms with Gasteiger partial charge < -0.3 is 4.42 Å². The topological polar surface area (TPSA) is 38.9 Å². The molecule has 0 amide bonds. The monoisotopic (exact) mass is 714 g/mol. The summed E-state index contributed by atoms with van der Waals surface area (Å²) in [5, 5.41) is 2.25. The van der Waals surface area contributed by atoms with E-state index < -0.39 is 5.41 Å². The van der Waals surface area contributed by atoms with Crippen molar-refractivity contribution in [3.8, 4) is 56.2 Å². The molecule has 2 heterocycles. The van der Waals surface area contributed by atoms with Gasteiger partial charge in [0, 0.05) is 27.5 Å². The largest absolute Gasteiger partial charge is 0.456 e. The highest BCUT2D eigenvalue weighted by atomic mass is 16.3. The second-order valence-electron chi connectivity index (χ2n) is 14.5. The number of fused-ring (bicyclic) bond motifs is 6. The molecule has 0 N–H and O–H groups in total. The third-order valence-electron chi connectivity index (χ3n) is 11.4. The molecule has 10 aromatic rings. The molecule has 56 heavy (non-hydrogen) atoms. The van der Waals surface area contributed by atoms with Crippen molar-refractivity contribution in [2.75, 3.05) is 0 Å². The first kappa shape index (κ1) is 32.1. The fourth-order valence-electron chi connectivity index (χ4n) is 8.91. The molecule has 1 aliphatic rings. The molecule has 2 aromatic heterocycles. The van der Waals surface area contributed by atoms with Gasteiger partial charge in [-0.05, 0) is 68.8 Å². The van der Waals surface area contributed by atoms with Crippen LogP contribution in [-0.2, 0) is 5.41 Å². The molecule has 0 bridgehead atoms. The zero-order valence-corrected chi connectivity index (χ0v) is 30.4. The summed E-state index contributed by atoms with van der Waals surface area (Å²) in [4.78, 5) is 10.6. The zero-order chi connectivity index (χ0) is 37.1. The third kappa shape index (κ3) is 4.98. The molecule has 0 atom stereocenters. The predicted octanol–water partition coefficient (Wildman–Crippen LogP) is 13.4. The first-order valence-electron chi connectivity index (χ1n) is 19.1. The van der Waals surface area contributed by atoms with Crippen LogP contribution in [-0.4, -0.2) is 9.97 Å². The Bertz CT molecular complexity index is 3020. The molecule has 8 aromatic carbocycles. The molecule has 3 nitrogen and oxygen atoms in total. The Morgan fingerprint density at radius 3 is 1.70 bits per heavy atom. The fraction of sp³-hybridized carbons (Fsp3) is 0.0189. The molecular weight excluding hydrogens is 681 g/mol. The van der Waals surface area contributed by atoms with Gasteiger partial charge in [0.2, 0.25) is 0 Å². The maximum absolute atomic E-state index is 6.11. The minimum Gasteiger partial charge on any atom is -0.456 e. The standard InChI is InChI=1S/C53H34N2O/c1-4-15-37(16-5-1)52-54-47(36-29-27-35(28-30-36)38-31-32-50-45(33-38)42-22-11-13-26-49(42)56-50)34-48(55-52)44-24-14-23-43-41-21-10-12-25-46(41)53(51(43)44,39-17-6-2-7-18-39)40-19-8-3-9-20-40/h1-34H. The van der Waals surface area contributed by atoms with Gasteiger partial charge in [0.1, 0.15) is 11.2 Å². The highest BCUT2D eigenvalue weighted by molar-refractivity contribution is 6.06. The number of benzene rings is 8. The van der Waals surface area contributed by atoms with Gasteiger partial charge in [-0.2, -0.15) is 0 Å². The maximum atomic E-state index is 6.11. The molecule has 0 spiro atoms. The van der Waals surface area contributed by atoms with Gasteiger partial charge in [-0.25, -0.2) is 9.97 Å². The smallest absolute Gasteiger partial charge is 0.160 e. The summed E-state index contributed by atoms with van der Waals surface area (Å²) in [6.45, 7) is 0. The number of rotatable bonds is 6. The van der Waals surface area contributed by atoms with Crippen LogP contribution in [0.25, 0.3) is 78.1 Å². The fourth-order valence-corrected chi connectivity index (χ4v) is 8.91. The molecule has 0 unspecified atom stereocenters. The molecular formula is C53H34N2O. The van der Waals surface area contributed by atoms with E-state index in [9.17, 15) is 0 Å². The maximum Gasteiger partial charge on any atom is 0.160 e. The van der Waals surface area contributed by atoms with Crippen molar-refractivity contribution >= 4 is 21.9 Å². The first-order valence-corrected chi connectivity index (χ1v) is 19.1. The Morgan fingerprint density at radius 1 is 0.357 bits per heavy atom. The lowest BCUT2D eigenvalue weighted by molar-refractivity contribution is 0.669. The molecule has 0 radical (unpaired) electrons. The molecule has 3 heteroatoms. The number of hydrogen-bond acceptors (Lipinski definition) is 3. The average Bonchev–Trinajstić information content (AvgIpc) is 3.81. The Labute approximate surface area is 325 Å². The molecule has 0 fully saturated rings. The summed E-state index contributed by atoms with van der Waals surface area (Å²) in [5.74, 6) is 0.692. The van der Waals surface area contributed by atoms with Crippen molar-refractivity contribution in [3.05, 3.63) is 229 Å². The second-order valence-corrected chi connectivity index (χ2v) is 14.5. The Morgan fingerprint density at radius 2 is 0.929 bits per heavy atom. The molecule has 262 valence electrons. The van der Waals surface area contributed by atoms with Crippen LogP contribution in [0.2, 0.25) is 0 Å². The van der Waals surface area contributed by atoms with Gasteiger partial charge in [0.25, 0.3) is 0 Å². The summed E-state index contributed by atoms with van der Waals surface area (Å²) < 4.78 is 6.11. The van der Waals surface area contributed by atoms with E-state index in [4.69, 9.17) is 14.4 Å². The van der Waals surface area contributed by atoms with Crippen LogP contribution in [0.3, 0.4) is 0 Å². The number of para-hydroxylation sites is 1. The lowest BCUT2D eigenvalue weighted by atomic mass is 9.66. The SMILES string of the molecule is c1ccc(-c2nc(-c3ccc(-c4ccc5oc6ccccc6c5c4)cc3)cc(-c3cccc4c3C(c3ccccc3)(c3ccccc3)c3ccccc3-4)n2)cc1. The Balaban J connectivity index is 1.11. The summed E-state index contributed by atoms with van der Waals surface area (Å²) in [7, 11) is 0. The molecule has 0 aliphatic heterocycles. The minimum absolute atomic E-state index is 0.563. The van der Waals surface area contributed by atoms with Crippen LogP contribution >= 0.6 is 0 Å². The van der Waals surface area contributed by atoms with E-state index in [-0.39, 0.29) is 0 Å². The number of hydrogen-bond donors (Lipinski definition) is 0. The van der Waals surface area contributed by atoms with Crippen molar-refractivity contribution in [1.82, 2.24) is 9.97 Å². The average molecular weight is 715 g/mol. The van der Waals surface area contributed by atoms with Crippen LogP contribution in [0.15, 0.2) is 211 Å². The summed E-state index contributed by atoms with van der Waals surface area (Å²) in [6, 6.07) is 73.3. The van der Waals surface area contributed by atoms with Crippen molar-refractivity contribution in [2.24, 2.45) is 0 Å². The molecule has 0 saturated heterocycles. The van der Waals surface area contributed by atoms with Gasteiger partial charge in [-0.1, -0.05) is 182 Å². The van der Waals surface area contributed by atoms with E-state index in [2.05, 4.69) is 176 Å². The Hall–Kier alpha value is -7.36. The van der Waals surface area contributed by atoms with E-state index in [1.54, 1.807) is 0 Å². The van der Waals surface area contributed by atoms with Crippen molar-refractivity contribution < 1.29 is 4.42 Å². The summed E-state index contributed by atoms with van der Waals surface area (Å²) >= 11 is 0. The molecule has 0 saturated carbocycles. The molecule has 11 rings (SSSR count). The van der Waals surface area contributed by atoms with E-state index in [1.165, 1.54) is 33.4 Å². The lowest BCUT2D eigenvalue weighted by Crippen LogP contribution is -2.29. The van der Waals surface area contributed by atoms with E-state index in [0.717, 1.165) is 61.1 Å². The van der Waals surface area contributed by atoms with Crippen LogP contribution in [0.5, 0.6) is 0 Å².